The minimum absolute atomic E-state index is 0.0139. The molecule has 0 radical (unpaired) electrons. The summed E-state index contributed by atoms with van der Waals surface area (Å²) in [5.41, 5.74) is 9.28. The number of nitrogens with one attached hydrogen (secondary N) is 1. The van der Waals surface area contributed by atoms with Gasteiger partial charge < -0.3 is 14.7 Å². The van der Waals surface area contributed by atoms with E-state index in [0.29, 0.717) is 39.2 Å². The quantitative estimate of drug-likeness (QED) is 0.160. The number of rotatable bonds is 9. The molecular weight excluding hydrogens is 646 g/mol. The largest absolute Gasteiger partial charge is 0.474 e. The first kappa shape index (κ1) is 30.6. The Hall–Kier alpha value is -5.41. The monoisotopic (exact) mass is 675 g/mol. The van der Waals surface area contributed by atoms with Crippen LogP contribution in [0.1, 0.15) is 27.0 Å². The van der Waals surface area contributed by atoms with Crippen LogP contribution in [0.5, 0.6) is 11.5 Å². The van der Waals surface area contributed by atoms with Crippen LogP contribution in [-0.2, 0) is 29.1 Å². The molecule has 2 amide bonds. The molecule has 0 unspecified atom stereocenters. The van der Waals surface area contributed by atoms with Crippen LogP contribution >= 0.6 is 15.9 Å². The second-order valence-corrected chi connectivity index (χ2v) is 11.7. The average molecular weight is 677 g/mol. The molecule has 0 atom stereocenters. The number of nitrogens with zero attached hydrogens (tertiary/aromatic N) is 2. The summed E-state index contributed by atoms with van der Waals surface area (Å²) >= 11 is 3.53. The van der Waals surface area contributed by atoms with E-state index in [0.717, 1.165) is 12.1 Å². The standard InChI is InChI=1S/C37H30BrN3O5/c38-34-22-28(35(42)39-41-19-18-27-21-30(41)16-17-33(27)26-9-3-1-4-10-26)14-15-29(34)24-40(36(43)37(44)45)23-25-8-7-13-32(20-25)46-31-11-5-2-6-12-31/h1-17,20-22H,18-19,23-24H2,(H,39,42)(H,44,45). The molecule has 5 aromatic rings. The van der Waals surface area contributed by atoms with Gasteiger partial charge in [-0.3, -0.25) is 20.0 Å². The molecular formula is C37H30BrN3O5. The number of hydrazine groups is 1. The van der Waals surface area contributed by atoms with Crippen molar-refractivity contribution in [2.24, 2.45) is 0 Å². The van der Waals surface area contributed by atoms with E-state index in [4.69, 9.17) is 4.74 Å². The van der Waals surface area contributed by atoms with Crippen LogP contribution in [0.2, 0.25) is 0 Å². The average Bonchev–Trinajstić information content (AvgIpc) is 3.07. The number of carboxylic acid groups (broad SMARTS) is 1. The Balaban J connectivity index is 1.14. The highest BCUT2D eigenvalue weighted by Crippen LogP contribution is 2.31. The Morgan fingerprint density at radius 1 is 0.804 bits per heavy atom. The number of halogens is 1. The second kappa shape index (κ2) is 13.7. The summed E-state index contributed by atoms with van der Waals surface area (Å²) in [5, 5.41) is 11.4. The number of carbonyl (C=O) groups is 3. The van der Waals surface area contributed by atoms with E-state index in [9.17, 15) is 19.5 Å². The zero-order chi connectivity index (χ0) is 32.0. The number of carbonyl (C=O) groups excluding carboxylic acids is 2. The van der Waals surface area contributed by atoms with Crippen molar-refractivity contribution >= 4 is 39.4 Å². The van der Waals surface area contributed by atoms with Gasteiger partial charge >= 0.3 is 11.9 Å². The number of ether oxygens (including phenoxy) is 1. The van der Waals surface area contributed by atoms with Crippen molar-refractivity contribution < 1.29 is 24.2 Å². The maximum atomic E-state index is 13.3. The molecule has 0 saturated carbocycles. The van der Waals surface area contributed by atoms with Crippen LogP contribution in [0.25, 0.3) is 11.1 Å². The van der Waals surface area contributed by atoms with Crippen molar-refractivity contribution in [3.05, 3.63) is 148 Å². The van der Waals surface area contributed by atoms with Gasteiger partial charge in [0.1, 0.15) is 11.5 Å². The van der Waals surface area contributed by atoms with Gasteiger partial charge in [0, 0.05) is 29.7 Å². The van der Waals surface area contributed by atoms with Crippen LogP contribution in [0.15, 0.2) is 126 Å². The number of aliphatic carboxylic acids is 1. The summed E-state index contributed by atoms with van der Waals surface area (Å²) in [6, 6.07) is 38.0. The summed E-state index contributed by atoms with van der Waals surface area (Å²) in [6.45, 7) is 0.697. The van der Waals surface area contributed by atoms with Gasteiger partial charge in [0.25, 0.3) is 5.91 Å². The Bertz CT molecular complexity index is 1900. The van der Waals surface area contributed by atoms with E-state index in [1.165, 1.54) is 21.6 Å². The molecule has 5 aromatic carbocycles. The molecule has 1 aliphatic heterocycles. The number of amides is 2. The molecule has 9 heteroatoms. The number of para-hydroxylation sites is 1. The molecule has 230 valence electrons. The summed E-state index contributed by atoms with van der Waals surface area (Å²) in [5.74, 6) is -1.63. The van der Waals surface area contributed by atoms with Gasteiger partial charge in [0.2, 0.25) is 0 Å². The Labute approximate surface area is 275 Å². The van der Waals surface area contributed by atoms with E-state index < -0.39 is 11.9 Å². The molecule has 1 heterocycles. The van der Waals surface area contributed by atoms with Crippen LogP contribution in [0.4, 0.5) is 5.69 Å². The molecule has 0 spiro atoms. The fraction of sp³-hybridized carbons (Fsp3) is 0.108. The highest BCUT2D eigenvalue weighted by atomic mass is 79.9. The smallest absolute Gasteiger partial charge is 0.394 e. The normalized spacial score (nSPS) is 11.9. The zero-order valence-electron chi connectivity index (χ0n) is 24.7. The summed E-state index contributed by atoms with van der Waals surface area (Å²) < 4.78 is 6.48. The number of benzene rings is 5. The number of anilines is 1. The summed E-state index contributed by atoms with van der Waals surface area (Å²) in [6.07, 6.45) is 0.787. The Morgan fingerprint density at radius 2 is 1.54 bits per heavy atom. The third-order valence-corrected chi connectivity index (χ3v) is 8.46. The lowest BCUT2D eigenvalue weighted by Gasteiger charge is -2.30. The molecule has 0 aromatic heterocycles. The van der Waals surface area contributed by atoms with Gasteiger partial charge in [-0.2, -0.15) is 0 Å². The maximum Gasteiger partial charge on any atom is 0.394 e. The molecule has 1 aliphatic rings. The number of carboxylic acids is 1. The first-order valence-electron chi connectivity index (χ1n) is 14.7. The Morgan fingerprint density at radius 3 is 2.28 bits per heavy atom. The maximum absolute atomic E-state index is 13.3. The molecule has 0 fully saturated rings. The SMILES string of the molecule is O=C(O)C(=O)N(Cc1cccc(Oc2ccccc2)c1)Cc1ccc(C(=O)NN2CCc3cc2ccc3-c2ccccc2)cc1Br. The lowest BCUT2D eigenvalue weighted by molar-refractivity contribution is -0.156. The van der Waals surface area contributed by atoms with Gasteiger partial charge in [-0.1, -0.05) is 88.7 Å². The third-order valence-electron chi connectivity index (χ3n) is 7.72. The molecule has 0 aliphatic carbocycles. The third kappa shape index (κ3) is 7.11. The highest BCUT2D eigenvalue weighted by molar-refractivity contribution is 9.10. The first-order chi connectivity index (χ1) is 22.3. The van der Waals surface area contributed by atoms with Crippen LogP contribution < -0.4 is 15.2 Å². The summed E-state index contributed by atoms with van der Waals surface area (Å²) in [7, 11) is 0. The number of fused-ring (bicyclic) bond motifs is 2. The van der Waals surface area contributed by atoms with E-state index in [2.05, 4.69) is 45.6 Å². The number of hydrogen-bond donors (Lipinski definition) is 2. The van der Waals surface area contributed by atoms with Crippen molar-refractivity contribution in [2.45, 2.75) is 19.5 Å². The molecule has 2 N–H and O–H groups in total. The fourth-order valence-electron chi connectivity index (χ4n) is 5.43. The van der Waals surface area contributed by atoms with Crippen molar-refractivity contribution in [1.82, 2.24) is 10.3 Å². The topological polar surface area (TPSA) is 99.2 Å². The van der Waals surface area contributed by atoms with Crippen LogP contribution in [-0.4, -0.2) is 34.3 Å². The predicted octanol–water partition coefficient (Wildman–Crippen LogP) is 7.23. The Kier molecular flexibility index (Phi) is 9.12. The van der Waals surface area contributed by atoms with E-state index in [1.54, 1.807) is 42.5 Å². The molecule has 6 rings (SSSR count). The van der Waals surface area contributed by atoms with Crippen molar-refractivity contribution in [1.29, 1.82) is 0 Å². The van der Waals surface area contributed by atoms with E-state index >= 15 is 0 Å². The molecule has 0 saturated heterocycles. The zero-order valence-corrected chi connectivity index (χ0v) is 26.3. The highest BCUT2D eigenvalue weighted by Gasteiger charge is 2.24. The van der Waals surface area contributed by atoms with Crippen molar-refractivity contribution in [3.8, 4) is 22.6 Å². The fourth-order valence-corrected chi connectivity index (χ4v) is 5.94. The van der Waals surface area contributed by atoms with E-state index in [-0.39, 0.29) is 19.0 Å². The second-order valence-electron chi connectivity index (χ2n) is 10.9. The molecule has 46 heavy (non-hydrogen) atoms. The van der Waals surface area contributed by atoms with Crippen molar-refractivity contribution in [3.63, 3.8) is 0 Å². The van der Waals surface area contributed by atoms with Crippen molar-refractivity contribution in [2.75, 3.05) is 11.6 Å². The van der Waals surface area contributed by atoms with Gasteiger partial charge in [0.05, 0.1) is 5.69 Å². The lowest BCUT2D eigenvalue weighted by atomic mass is 9.95. The minimum atomic E-state index is -1.55. The van der Waals surface area contributed by atoms with Gasteiger partial charge in [-0.25, -0.2) is 4.79 Å². The van der Waals surface area contributed by atoms with Gasteiger partial charge in [-0.05, 0) is 82.8 Å². The van der Waals surface area contributed by atoms with E-state index in [1.807, 2.05) is 59.6 Å². The molecule has 2 bridgehead atoms. The first-order valence-corrected chi connectivity index (χ1v) is 15.5. The van der Waals surface area contributed by atoms with Crippen LogP contribution in [0.3, 0.4) is 0 Å². The minimum Gasteiger partial charge on any atom is -0.474 e. The van der Waals surface area contributed by atoms with Gasteiger partial charge in [-0.15, -0.1) is 0 Å². The molecule has 8 nitrogen and oxygen atoms in total. The predicted molar refractivity (Wildman–Crippen MR) is 179 cm³/mol. The lowest BCUT2D eigenvalue weighted by Crippen LogP contribution is -2.45. The summed E-state index contributed by atoms with van der Waals surface area (Å²) in [4.78, 5) is 38.9. The number of hydrogen-bond acceptors (Lipinski definition) is 5. The van der Waals surface area contributed by atoms with Gasteiger partial charge in [0.15, 0.2) is 0 Å². The van der Waals surface area contributed by atoms with Crippen LogP contribution in [0, 0.1) is 0 Å².